The molecule has 0 unspecified atom stereocenters. The topological polar surface area (TPSA) is 61.5 Å². The summed E-state index contributed by atoms with van der Waals surface area (Å²) >= 11 is 0. The van der Waals surface area contributed by atoms with Crippen LogP contribution in [0.3, 0.4) is 0 Å². The normalized spacial score (nSPS) is 22.4. The number of aromatic nitrogens is 2. The van der Waals surface area contributed by atoms with Crippen LogP contribution in [0.1, 0.15) is 23.1 Å². The van der Waals surface area contributed by atoms with Gasteiger partial charge in [-0.3, -0.25) is 4.90 Å². The van der Waals surface area contributed by atoms with E-state index in [0.717, 1.165) is 25.2 Å². The Morgan fingerprint density at radius 2 is 2.13 bits per heavy atom. The standard InChI is InChI=1S/C18H25N3O2/c1-13-8-14(2)18(21-6-3-5-19-21)16(9-13)10-20-7-4-15(12-22)17(23)11-20/h3,5-6,8-9,15,17,22-23H,4,7,10-12H2,1-2H3/t15-,17-/m1/s1. The van der Waals surface area contributed by atoms with Crippen molar-refractivity contribution in [3.05, 3.63) is 47.3 Å². The lowest BCUT2D eigenvalue weighted by Crippen LogP contribution is -2.44. The van der Waals surface area contributed by atoms with E-state index < -0.39 is 6.10 Å². The van der Waals surface area contributed by atoms with Crippen molar-refractivity contribution >= 4 is 0 Å². The van der Waals surface area contributed by atoms with Crippen LogP contribution in [0.25, 0.3) is 5.69 Å². The zero-order valence-corrected chi connectivity index (χ0v) is 13.8. The highest BCUT2D eigenvalue weighted by atomic mass is 16.3. The third-order valence-electron chi connectivity index (χ3n) is 4.69. The number of hydrogen-bond donors (Lipinski definition) is 2. The molecule has 2 heterocycles. The summed E-state index contributed by atoms with van der Waals surface area (Å²) in [5.41, 5.74) is 4.79. The summed E-state index contributed by atoms with van der Waals surface area (Å²) in [6.07, 6.45) is 4.14. The number of hydrogen-bond acceptors (Lipinski definition) is 4. The second kappa shape index (κ2) is 6.83. The minimum Gasteiger partial charge on any atom is -0.396 e. The molecule has 124 valence electrons. The number of aliphatic hydroxyl groups is 2. The van der Waals surface area contributed by atoms with E-state index in [2.05, 4.69) is 36.0 Å². The zero-order valence-electron chi connectivity index (χ0n) is 13.8. The lowest BCUT2D eigenvalue weighted by atomic mass is 9.94. The Morgan fingerprint density at radius 1 is 1.30 bits per heavy atom. The molecule has 1 aliphatic rings. The van der Waals surface area contributed by atoms with E-state index in [1.807, 2.05) is 16.9 Å². The Morgan fingerprint density at radius 3 is 2.78 bits per heavy atom. The van der Waals surface area contributed by atoms with E-state index in [-0.39, 0.29) is 12.5 Å². The zero-order chi connectivity index (χ0) is 16.4. The summed E-state index contributed by atoms with van der Waals surface area (Å²) in [6, 6.07) is 6.31. The van der Waals surface area contributed by atoms with Crippen LogP contribution in [0.2, 0.25) is 0 Å². The van der Waals surface area contributed by atoms with E-state index >= 15 is 0 Å². The van der Waals surface area contributed by atoms with Gasteiger partial charge in [-0.25, -0.2) is 4.68 Å². The van der Waals surface area contributed by atoms with Gasteiger partial charge in [0.1, 0.15) is 0 Å². The van der Waals surface area contributed by atoms with E-state index in [9.17, 15) is 10.2 Å². The van der Waals surface area contributed by atoms with Crippen molar-refractivity contribution in [2.24, 2.45) is 5.92 Å². The molecule has 2 atom stereocenters. The molecule has 0 radical (unpaired) electrons. The van der Waals surface area contributed by atoms with Gasteiger partial charge in [-0.15, -0.1) is 0 Å². The van der Waals surface area contributed by atoms with Crippen molar-refractivity contribution in [2.75, 3.05) is 19.7 Å². The largest absolute Gasteiger partial charge is 0.396 e. The first-order valence-electron chi connectivity index (χ1n) is 8.20. The molecule has 2 aromatic rings. The highest BCUT2D eigenvalue weighted by molar-refractivity contribution is 5.49. The minimum absolute atomic E-state index is 0.0103. The molecular weight excluding hydrogens is 290 g/mol. The van der Waals surface area contributed by atoms with Crippen molar-refractivity contribution in [1.82, 2.24) is 14.7 Å². The molecule has 0 amide bonds. The van der Waals surface area contributed by atoms with Crippen molar-refractivity contribution in [3.8, 4) is 5.69 Å². The lowest BCUT2D eigenvalue weighted by molar-refractivity contribution is -0.00445. The molecule has 5 nitrogen and oxygen atoms in total. The Kier molecular flexibility index (Phi) is 4.80. The Bertz CT molecular complexity index is 655. The average molecular weight is 315 g/mol. The number of nitrogens with zero attached hydrogens (tertiary/aromatic N) is 3. The first kappa shape index (κ1) is 16.2. The summed E-state index contributed by atoms with van der Waals surface area (Å²) in [5, 5.41) is 23.8. The van der Waals surface area contributed by atoms with Crippen LogP contribution in [-0.2, 0) is 6.54 Å². The molecule has 1 saturated heterocycles. The van der Waals surface area contributed by atoms with Crippen LogP contribution in [0, 0.1) is 19.8 Å². The fraction of sp³-hybridized carbons (Fsp3) is 0.500. The Hall–Kier alpha value is -1.69. The Balaban J connectivity index is 1.85. The predicted molar refractivity (Wildman–Crippen MR) is 89.5 cm³/mol. The number of likely N-dealkylation sites (tertiary alicyclic amines) is 1. The second-order valence-electron chi connectivity index (χ2n) is 6.57. The van der Waals surface area contributed by atoms with Crippen molar-refractivity contribution in [3.63, 3.8) is 0 Å². The molecule has 1 aliphatic heterocycles. The smallest absolute Gasteiger partial charge is 0.0719 e. The van der Waals surface area contributed by atoms with Gasteiger partial charge in [0.2, 0.25) is 0 Å². The molecule has 23 heavy (non-hydrogen) atoms. The predicted octanol–water partition coefficient (Wildman–Crippen LogP) is 1.66. The Labute approximate surface area is 137 Å². The number of benzene rings is 1. The first-order valence-corrected chi connectivity index (χ1v) is 8.20. The van der Waals surface area contributed by atoms with Crippen molar-refractivity contribution < 1.29 is 10.2 Å². The van der Waals surface area contributed by atoms with Crippen LogP contribution in [0.4, 0.5) is 0 Å². The third kappa shape index (κ3) is 3.47. The maximum Gasteiger partial charge on any atom is 0.0719 e. The van der Waals surface area contributed by atoms with E-state index in [0.29, 0.717) is 6.54 Å². The molecule has 0 bridgehead atoms. The summed E-state index contributed by atoms with van der Waals surface area (Å²) in [4.78, 5) is 2.26. The third-order valence-corrected chi connectivity index (χ3v) is 4.69. The SMILES string of the molecule is Cc1cc(C)c(-n2cccn2)c(CN2CC[C@H](CO)[C@H](O)C2)c1. The van der Waals surface area contributed by atoms with Crippen LogP contribution in [-0.4, -0.2) is 50.7 Å². The summed E-state index contributed by atoms with van der Waals surface area (Å²) in [5.74, 6) is 0.0103. The molecule has 1 aromatic heterocycles. The van der Waals surface area contributed by atoms with Gasteiger partial charge in [-0.05, 0) is 44.0 Å². The van der Waals surface area contributed by atoms with Crippen LogP contribution in [0.15, 0.2) is 30.6 Å². The minimum atomic E-state index is -0.451. The van der Waals surface area contributed by atoms with Gasteiger partial charge >= 0.3 is 0 Å². The van der Waals surface area contributed by atoms with E-state index in [1.165, 1.54) is 16.7 Å². The van der Waals surface area contributed by atoms with E-state index in [1.54, 1.807) is 6.20 Å². The van der Waals surface area contributed by atoms with E-state index in [4.69, 9.17) is 0 Å². The van der Waals surface area contributed by atoms with Gasteiger partial charge in [0.15, 0.2) is 0 Å². The van der Waals surface area contributed by atoms with Crippen LogP contribution < -0.4 is 0 Å². The first-order chi connectivity index (χ1) is 11.1. The second-order valence-corrected chi connectivity index (χ2v) is 6.57. The molecule has 2 N–H and O–H groups in total. The van der Waals surface area contributed by atoms with Gasteiger partial charge in [0.05, 0.1) is 11.8 Å². The lowest BCUT2D eigenvalue weighted by Gasteiger charge is -2.35. The fourth-order valence-electron chi connectivity index (χ4n) is 3.54. The van der Waals surface area contributed by atoms with Crippen molar-refractivity contribution in [2.45, 2.75) is 32.9 Å². The molecule has 0 aliphatic carbocycles. The van der Waals surface area contributed by atoms with Gasteiger partial charge in [0, 0.05) is 38.0 Å². The molecule has 1 aromatic carbocycles. The molecule has 5 heteroatoms. The molecule has 0 saturated carbocycles. The van der Waals surface area contributed by atoms with Gasteiger partial charge < -0.3 is 10.2 Å². The number of aryl methyl sites for hydroxylation is 2. The average Bonchev–Trinajstić information content (AvgIpc) is 3.00. The summed E-state index contributed by atoms with van der Waals surface area (Å²) in [6.45, 7) is 6.57. The van der Waals surface area contributed by atoms with Gasteiger partial charge in [0.25, 0.3) is 0 Å². The molecule has 0 spiro atoms. The molecule has 3 rings (SSSR count). The number of aliphatic hydroxyl groups excluding tert-OH is 2. The highest BCUT2D eigenvalue weighted by Gasteiger charge is 2.27. The quantitative estimate of drug-likeness (QED) is 0.901. The highest BCUT2D eigenvalue weighted by Crippen LogP contribution is 2.25. The maximum atomic E-state index is 10.2. The molecule has 1 fully saturated rings. The monoisotopic (exact) mass is 315 g/mol. The molecular formula is C18H25N3O2. The summed E-state index contributed by atoms with van der Waals surface area (Å²) < 4.78 is 1.92. The van der Waals surface area contributed by atoms with Crippen LogP contribution in [0.5, 0.6) is 0 Å². The number of rotatable bonds is 4. The van der Waals surface area contributed by atoms with Gasteiger partial charge in [-0.1, -0.05) is 17.7 Å². The number of β-amino-alcohol motifs (C(OH)–C–C–N with tert-alkyl or cyclic N) is 1. The number of piperidine rings is 1. The maximum absolute atomic E-state index is 10.2. The fourth-order valence-corrected chi connectivity index (χ4v) is 3.54. The van der Waals surface area contributed by atoms with Gasteiger partial charge in [-0.2, -0.15) is 5.10 Å². The van der Waals surface area contributed by atoms with Crippen molar-refractivity contribution in [1.29, 1.82) is 0 Å². The summed E-state index contributed by atoms with van der Waals surface area (Å²) in [7, 11) is 0. The van der Waals surface area contributed by atoms with Crippen LogP contribution >= 0.6 is 0 Å².